The number of thiophene rings is 1. The van der Waals surface area contributed by atoms with E-state index >= 15 is 0 Å². The standard InChI is InChI=1S/C22H22N4O3S/c1-7-8-26(3)21-19-13(2)17(12-23)30-22(19)25-18(24-21)11-14-9-15(27-4)20(29-6)16(10-14)28-5/h1,9-10H,8,11H2,2-6H3. The fraction of sp³-hybridized carbons (Fsp3) is 0.318. The molecule has 8 heteroatoms. The molecule has 154 valence electrons. The third-order valence-corrected chi connectivity index (χ3v) is 5.79. The molecule has 0 aliphatic carbocycles. The first-order chi connectivity index (χ1) is 14.5. The van der Waals surface area contributed by atoms with Gasteiger partial charge in [0.15, 0.2) is 11.5 Å². The van der Waals surface area contributed by atoms with Crippen LogP contribution in [0.5, 0.6) is 17.2 Å². The fourth-order valence-corrected chi connectivity index (χ4v) is 4.25. The normalized spacial score (nSPS) is 10.4. The van der Waals surface area contributed by atoms with Gasteiger partial charge in [0, 0.05) is 13.5 Å². The Hall–Kier alpha value is -3.49. The van der Waals surface area contributed by atoms with Gasteiger partial charge in [-0.1, -0.05) is 5.92 Å². The lowest BCUT2D eigenvalue weighted by Crippen LogP contribution is -2.19. The van der Waals surface area contributed by atoms with Crippen LogP contribution in [-0.2, 0) is 6.42 Å². The van der Waals surface area contributed by atoms with Crippen molar-refractivity contribution in [2.45, 2.75) is 13.3 Å². The molecule has 0 saturated carbocycles. The number of benzene rings is 1. The minimum Gasteiger partial charge on any atom is -0.493 e. The summed E-state index contributed by atoms with van der Waals surface area (Å²) in [6.07, 6.45) is 5.96. The number of methoxy groups -OCH3 is 3. The number of hydrogen-bond acceptors (Lipinski definition) is 8. The topological polar surface area (TPSA) is 80.5 Å². The zero-order valence-corrected chi connectivity index (χ0v) is 18.4. The van der Waals surface area contributed by atoms with Gasteiger partial charge in [-0.2, -0.15) is 5.26 Å². The Balaban J connectivity index is 2.13. The van der Waals surface area contributed by atoms with Crippen LogP contribution in [-0.4, -0.2) is 44.9 Å². The van der Waals surface area contributed by atoms with E-state index in [4.69, 9.17) is 30.6 Å². The highest BCUT2D eigenvalue weighted by atomic mass is 32.1. The summed E-state index contributed by atoms with van der Waals surface area (Å²) in [6, 6.07) is 5.99. The molecule has 3 rings (SSSR count). The second kappa shape index (κ2) is 8.89. The van der Waals surface area contributed by atoms with Crippen molar-refractivity contribution >= 4 is 27.4 Å². The summed E-state index contributed by atoms with van der Waals surface area (Å²) in [4.78, 5) is 12.8. The summed E-state index contributed by atoms with van der Waals surface area (Å²) >= 11 is 1.36. The van der Waals surface area contributed by atoms with Crippen LogP contribution in [0.4, 0.5) is 5.82 Å². The molecule has 0 atom stereocenters. The van der Waals surface area contributed by atoms with E-state index < -0.39 is 0 Å². The summed E-state index contributed by atoms with van der Waals surface area (Å²) in [7, 11) is 6.60. The molecule has 0 spiro atoms. The molecule has 0 fully saturated rings. The van der Waals surface area contributed by atoms with Gasteiger partial charge >= 0.3 is 0 Å². The second-order valence-corrected chi connectivity index (χ2v) is 7.58. The van der Waals surface area contributed by atoms with Crippen LogP contribution in [0.15, 0.2) is 12.1 Å². The predicted octanol–water partition coefficient (Wildman–Crippen LogP) is 3.56. The maximum atomic E-state index is 9.45. The van der Waals surface area contributed by atoms with Crippen LogP contribution in [0, 0.1) is 30.6 Å². The quantitative estimate of drug-likeness (QED) is 0.539. The average molecular weight is 423 g/mol. The van der Waals surface area contributed by atoms with Crippen molar-refractivity contribution in [2.75, 3.05) is 39.8 Å². The fourth-order valence-electron chi connectivity index (χ4n) is 3.25. The molecule has 0 aliphatic rings. The van der Waals surface area contributed by atoms with Crippen molar-refractivity contribution in [1.82, 2.24) is 9.97 Å². The first-order valence-electron chi connectivity index (χ1n) is 9.10. The van der Waals surface area contributed by atoms with Gasteiger partial charge in [-0.25, -0.2) is 9.97 Å². The minimum atomic E-state index is 0.396. The number of aryl methyl sites for hydroxylation is 1. The Kier molecular flexibility index (Phi) is 6.29. The van der Waals surface area contributed by atoms with Crippen LogP contribution in [0.3, 0.4) is 0 Å². The Labute approximate surface area is 179 Å². The van der Waals surface area contributed by atoms with E-state index in [-0.39, 0.29) is 0 Å². The van der Waals surface area contributed by atoms with Gasteiger partial charge in [-0.05, 0) is 30.2 Å². The molecule has 0 bridgehead atoms. The van der Waals surface area contributed by atoms with Gasteiger partial charge in [-0.15, -0.1) is 17.8 Å². The summed E-state index contributed by atoms with van der Waals surface area (Å²) in [5.74, 6) is 5.63. The lowest BCUT2D eigenvalue weighted by atomic mass is 10.1. The molecule has 0 saturated heterocycles. The molecular formula is C22H22N4O3S. The maximum Gasteiger partial charge on any atom is 0.203 e. The number of rotatable bonds is 7. The van der Waals surface area contributed by atoms with Crippen LogP contribution < -0.4 is 19.1 Å². The highest BCUT2D eigenvalue weighted by molar-refractivity contribution is 7.19. The van der Waals surface area contributed by atoms with E-state index in [1.54, 1.807) is 21.3 Å². The van der Waals surface area contributed by atoms with E-state index in [0.717, 1.165) is 27.2 Å². The highest BCUT2D eigenvalue weighted by Crippen LogP contribution is 2.39. The lowest BCUT2D eigenvalue weighted by molar-refractivity contribution is 0.324. The molecule has 2 heterocycles. The Bertz CT molecular complexity index is 1150. The van der Waals surface area contributed by atoms with Crippen LogP contribution in [0.2, 0.25) is 0 Å². The average Bonchev–Trinajstić information content (AvgIpc) is 3.08. The SMILES string of the molecule is C#CCN(C)c1nc(Cc2cc(OC)c(OC)c(OC)c2)nc2sc(C#N)c(C)c12. The Morgan fingerprint density at radius 1 is 1.13 bits per heavy atom. The molecule has 0 aliphatic heterocycles. The summed E-state index contributed by atoms with van der Waals surface area (Å²) in [5, 5.41) is 10.3. The molecule has 2 aromatic heterocycles. The number of nitriles is 1. The molecule has 1 aromatic carbocycles. The molecular weight excluding hydrogens is 400 g/mol. The highest BCUT2D eigenvalue weighted by Gasteiger charge is 2.20. The van der Waals surface area contributed by atoms with Gasteiger partial charge < -0.3 is 19.1 Å². The van der Waals surface area contributed by atoms with Crippen molar-refractivity contribution in [3.05, 3.63) is 34.0 Å². The van der Waals surface area contributed by atoms with Crippen molar-refractivity contribution < 1.29 is 14.2 Å². The predicted molar refractivity (Wildman–Crippen MR) is 118 cm³/mol. The maximum absolute atomic E-state index is 9.45. The summed E-state index contributed by atoms with van der Waals surface area (Å²) in [5.41, 5.74) is 1.78. The summed E-state index contributed by atoms with van der Waals surface area (Å²) < 4.78 is 16.3. The van der Waals surface area contributed by atoms with E-state index in [9.17, 15) is 5.26 Å². The largest absolute Gasteiger partial charge is 0.493 e. The van der Waals surface area contributed by atoms with Gasteiger partial charge in [0.25, 0.3) is 0 Å². The number of aromatic nitrogens is 2. The zero-order chi connectivity index (χ0) is 21.8. The Morgan fingerprint density at radius 2 is 1.80 bits per heavy atom. The molecule has 3 aromatic rings. The Morgan fingerprint density at radius 3 is 2.33 bits per heavy atom. The first kappa shape index (κ1) is 21.2. The summed E-state index contributed by atoms with van der Waals surface area (Å²) in [6.45, 7) is 2.31. The van der Waals surface area contributed by atoms with Crippen molar-refractivity contribution in [1.29, 1.82) is 5.26 Å². The van der Waals surface area contributed by atoms with Crippen LogP contribution >= 0.6 is 11.3 Å². The third kappa shape index (κ3) is 3.83. The molecule has 7 nitrogen and oxygen atoms in total. The number of anilines is 1. The second-order valence-electron chi connectivity index (χ2n) is 6.58. The molecule has 0 N–H and O–H groups in total. The molecule has 0 amide bonds. The smallest absolute Gasteiger partial charge is 0.203 e. The molecule has 0 unspecified atom stereocenters. The van der Waals surface area contributed by atoms with Crippen molar-refractivity contribution in [3.8, 4) is 35.7 Å². The van der Waals surface area contributed by atoms with E-state index in [0.29, 0.717) is 40.9 Å². The number of hydrogen-bond donors (Lipinski definition) is 0. The van der Waals surface area contributed by atoms with Crippen LogP contribution in [0.25, 0.3) is 10.2 Å². The van der Waals surface area contributed by atoms with Gasteiger partial charge in [0.05, 0.1) is 33.3 Å². The number of nitrogens with zero attached hydrogens (tertiary/aromatic N) is 4. The third-order valence-electron chi connectivity index (χ3n) is 4.70. The van der Waals surface area contributed by atoms with Crippen LogP contribution in [0.1, 0.15) is 21.8 Å². The van der Waals surface area contributed by atoms with Gasteiger partial charge in [-0.3, -0.25) is 0 Å². The van der Waals surface area contributed by atoms with Crippen molar-refractivity contribution in [2.24, 2.45) is 0 Å². The van der Waals surface area contributed by atoms with Gasteiger partial charge in [0.2, 0.25) is 5.75 Å². The van der Waals surface area contributed by atoms with E-state index in [1.165, 1.54) is 11.3 Å². The molecule has 0 radical (unpaired) electrons. The number of ether oxygens (including phenoxy) is 3. The lowest BCUT2D eigenvalue weighted by Gasteiger charge is -2.18. The number of fused-ring (bicyclic) bond motifs is 1. The first-order valence-corrected chi connectivity index (χ1v) is 9.92. The van der Waals surface area contributed by atoms with E-state index in [1.807, 2.05) is 31.0 Å². The monoisotopic (exact) mass is 422 g/mol. The van der Waals surface area contributed by atoms with E-state index in [2.05, 4.69) is 12.0 Å². The van der Waals surface area contributed by atoms with Gasteiger partial charge in [0.1, 0.15) is 27.4 Å². The number of terminal acetylenes is 1. The minimum absolute atomic E-state index is 0.396. The molecule has 30 heavy (non-hydrogen) atoms. The van der Waals surface area contributed by atoms with Crippen molar-refractivity contribution in [3.63, 3.8) is 0 Å². The zero-order valence-electron chi connectivity index (χ0n) is 17.6.